The van der Waals surface area contributed by atoms with Gasteiger partial charge in [-0.2, -0.15) is 23.7 Å². The number of nitriles is 2. The molecule has 19 heavy (non-hydrogen) atoms. The second kappa shape index (κ2) is 4.42. The van der Waals surface area contributed by atoms with Crippen molar-refractivity contribution in [2.75, 3.05) is 0 Å². The van der Waals surface area contributed by atoms with Crippen LogP contribution in [-0.2, 0) is 6.18 Å². The maximum absolute atomic E-state index is 12.6. The van der Waals surface area contributed by atoms with E-state index in [0.717, 1.165) is 29.2 Å². The van der Waals surface area contributed by atoms with E-state index in [9.17, 15) is 13.2 Å². The number of aromatic nitrogens is 3. The van der Waals surface area contributed by atoms with Crippen LogP contribution in [0.2, 0.25) is 0 Å². The molecule has 0 spiro atoms. The SMILES string of the molecule is N#Cc1ncn(-c2cc(C(F)(F)F)ccn2)c1C#N. The first kappa shape index (κ1) is 12.6. The molecular formula is C11H4F3N5. The molecule has 2 rings (SSSR count). The lowest BCUT2D eigenvalue weighted by atomic mass is 10.2. The van der Waals surface area contributed by atoms with Gasteiger partial charge < -0.3 is 0 Å². The topological polar surface area (TPSA) is 78.3 Å². The Morgan fingerprint density at radius 3 is 2.47 bits per heavy atom. The molecule has 0 saturated heterocycles. The zero-order chi connectivity index (χ0) is 14.0. The molecule has 8 heteroatoms. The van der Waals surface area contributed by atoms with E-state index in [4.69, 9.17) is 10.5 Å². The molecule has 0 aliphatic rings. The molecule has 0 atom stereocenters. The van der Waals surface area contributed by atoms with Crippen LogP contribution in [0, 0.1) is 22.7 Å². The average molecular weight is 263 g/mol. The lowest BCUT2D eigenvalue weighted by molar-refractivity contribution is -0.137. The fourth-order valence-corrected chi connectivity index (χ4v) is 1.44. The number of halogens is 3. The first-order chi connectivity index (χ1) is 8.97. The molecule has 0 amide bonds. The molecule has 5 nitrogen and oxygen atoms in total. The van der Waals surface area contributed by atoms with Crippen molar-refractivity contribution in [1.29, 1.82) is 10.5 Å². The van der Waals surface area contributed by atoms with Crippen LogP contribution in [-0.4, -0.2) is 14.5 Å². The maximum atomic E-state index is 12.6. The fourth-order valence-electron chi connectivity index (χ4n) is 1.44. The van der Waals surface area contributed by atoms with Crippen LogP contribution in [0.4, 0.5) is 13.2 Å². The lowest BCUT2D eigenvalue weighted by Gasteiger charge is -2.08. The Bertz CT molecular complexity index is 702. The van der Waals surface area contributed by atoms with Gasteiger partial charge in [-0.3, -0.25) is 4.57 Å². The highest BCUT2D eigenvalue weighted by Crippen LogP contribution is 2.29. The number of pyridine rings is 1. The molecule has 94 valence electrons. The maximum Gasteiger partial charge on any atom is 0.416 e. The van der Waals surface area contributed by atoms with E-state index in [1.165, 1.54) is 0 Å². The van der Waals surface area contributed by atoms with E-state index < -0.39 is 11.7 Å². The Morgan fingerprint density at radius 1 is 1.16 bits per heavy atom. The minimum absolute atomic E-state index is 0.125. The highest BCUT2D eigenvalue weighted by Gasteiger charge is 2.31. The van der Waals surface area contributed by atoms with Crippen LogP contribution < -0.4 is 0 Å². The smallest absolute Gasteiger partial charge is 0.273 e. The van der Waals surface area contributed by atoms with Crippen molar-refractivity contribution in [1.82, 2.24) is 14.5 Å². The second-order valence-electron chi connectivity index (χ2n) is 3.44. The molecule has 0 fully saturated rings. The molecule has 0 unspecified atom stereocenters. The largest absolute Gasteiger partial charge is 0.416 e. The Hall–Kier alpha value is -2.87. The van der Waals surface area contributed by atoms with E-state index in [1.807, 2.05) is 0 Å². The summed E-state index contributed by atoms with van der Waals surface area (Å²) in [7, 11) is 0. The fraction of sp³-hybridized carbons (Fsp3) is 0.0909. The van der Waals surface area contributed by atoms with Gasteiger partial charge in [0.25, 0.3) is 0 Å². The molecule has 0 aliphatic heterocycles. The van der Waals surface area contributed by atoms with Crippen molar-refractivity contribution >= 4 is 0 Å². The third-order valence-corrected chi connectivity index (χ3v) is 2.30. The van der Waals surface area contributed by atoms with Crippen molar-refractivity contribution in [2.45, 2.75) is 6.18 Å². The van der Waals surface area contributed by atoms with E-state index in [-0.39, 0.29) is 17.2 Å². The summed E-state index contributed by atoms with van der Waals surface area (Å²) >= 11 is 0. The van der Waals surface area contributed by atoms with Crippen LogP contribution >= 0.6 is 0 Å². The third-order valence-electron chi connectivity index (χ3n) is 2.30. The standard InChI is InChI=1S/C11H4F3N5/c12-11(13,14)7-1-2-17-10(3-7)19-6-18-8(4-15)9(19)5-16/h1-3,6H. The Morgan fingerprint density at radius 2 is 1.89 bits per heavy atom. The summed E-state index contributed by atoms with van der Waals surface area (Å²) < 4.78 is 38.7. The van der Waals surface area contributed by atoms with Gasteiger partial charge in [0.05, 0.1) is 5.56 Å². The molecule has 0 aromatic carbocycles. The van der Waals surface area contributed by atoms with Crippen molar-refractivity contribution in [2.24, 2.45) is 0 Å². The molecule has 2 heterocycles. The van der Waals surface area contributed by atoms with Gasteiger partial charge in [-0.25, -0.2) is 9.97 Å². The predicted octanol–water partition coefficient (Wildman–Crippen LogP) is 2.03. The molecule has 0 radical (unpaired) electrons. The van der Waals surface area contributed by atoms with Crippen molar-refractivity contribution in [3.05, 3.63) is 41.6 Å². The first-order valence-electron chi connectivity index (χ1n) is 4.88. The number of alkyl halides is 3. The normalized spacial score (nSPS) is 10.8. The number of rotatable bonds is 1. The first-order valence-corrected chi connectivity index (χ1v) is 4.88. The van der Waals surface area contributed by atoms with Gasteiger partial charge in [0.1, 0.15) is 24.3 Å². The number of nitrogens with zero attached hydrogens (tertiary/aromatic N) is 5. The van der Waals surface area contributed by atoms with Gasteiger partial charge in [-0.1, -0.05) is 0 Å². The van der Waals surface area contributed by atoms with Crippen LogP contribution in [0.5, 0.6) is 0 Å². The highest BCUT2D eigenvalue weighted by molar-refractivity contribution is 5.42. The van der Waals surface area contributed by atoms with E-state index >= 15 is 0 Å². The summed E-state index contributed by atoms with van der Waals surface area (Å²) in [6.45, 7) is 0. The van der Waals surface area contributed by atoms with Gasteiger partial charge in [-0.05, 0) is 12.1 Å². The summed E-state index contributed by atoms with van der Waals surface area (Å²) in [5.74, 6) is -0.125. The van der Waals surface area contributed by atoms with Crippen molar-refractivity contribution in [3.8, 4) is 18.0 Å². The van der Waals surface area contributed by atoms with E-state index in [1.54, 1.807) is 12.1 Å². The Balaban J connectivity index is 2.59. The van der Waals surface area contributed by atoms with Crippen molar-refractivity contribution < 1.29 is 13.2 Å². The van der Waals surface area contributed by atoms with E-state index in [2.05, 4.69) is 9.97 Å². The third kappa shape index (κ3) is 2.24. The predicted molar refractivity (Wildman–Crippen MR) is 55.8 cm³/mol. The van der Waals surface area contributed by atoms with Gasteiger partial charge in [0.2, 0.25) is 0 Å². The quantitative estimate of drug-likeness (QED) is 0.788. The molecule has 0 aliphatic carbocycles. The summed E-state index contributed by atoms with van der Waals surface area (Å²) in [5, 5.41) is 17.6. The molecular weight excluding hydrogens is 259 g/mol. The van der Waals surface area contributed by atoms with Crippen LogP contribution in [0.25, 0.3) is 5.82 Å². The zero-order valence-electron chi connectivity index (χ0n) is 9.18. The Labute approximate surface area is 105 Å². The summed E-state index contributed by atoms with van der Waals surface area (Å²) in [5.41, 5.74) is -1.22. The van der Waals surface area contributed by atoms with Crippen LogP contribution in [0.3, 0.4) is 0 Å². The zero-order valence-corrected chi connectivity index (χ0v) is 9.18. The van der Waals surface area contributed by atoms with Gasteiger partial charge in [0, 0.05) is 6.20 Å². The second-order valence-corrected chi connectivity index (χ2v) is 3.44. The average Bonchev–Trinajstić information content (AvgIpc) is 2.80. The molecule has 0 saturated carbocycles. The number of hydrogen-bond donors (Lipinski definition) is 0. The molecule has 2 aromatic rings. The summed E-state index contributed by atoms with van der Waals surface area (Å²) in [4.78, 5) is 7.37. The summed E-state index contributed by atoms with van der Waals surface area (Å²) in [6, 6.07) is 4.98. The minimum Gasteiger partial charge on any atom is -0.273 e. The number of imidazole rings is 1. The van der Waals surface area contributed by atoms with Crippen LogP contribution in [0.1, 0.15) is 17.0 Å². The van der Waals surface area contributed by atoms with Gasteiger partial charge in [-0.15, -0.1) is 0 Å². The molecule has 0 N–H and O–H groups in total. The lowest BCUT2D eigenvalue weighted by Crippen LogP contribution is -2.07. The number of hydrogen-bond acceptors (Lipinski definition) is 4. The molecule has 2 aromatic heterocycles. The summed E-state index contributed by atoms with van der Waals surface area (Å²) in [6.07, 6.45) is -2.45. The van der Waals surface area contributed by atoms with E-state index in [0.29, 0.717) is 0 Å². The van der Waals surface area contributed by atoms with Gasteiger partial charge in [0.15, 0.2) is 11.4 Å². The minimum atomic E-state index is -4.51. The highest BCUT2D eigenvalue weighted by atomic mass is 19.4. The molecule has 0 bridgehead atoms. The van der Waals surface area contributed by atoms with Gasteiger partial charge >= 0.3 is 6.18 Å². The Kier molecular flexibility index (Phi) is 2.93. The van der Waals surface area contributed by atoms with Crippen molar-refractivity contribution in [3.63, 3.8) is 0 Å². The van der Waals surface area contributed by atoms with Crippen LogP contribution in [0.15, 0.2) is 24.7 Å². The monoisotopic (exact) mass is 263 g/mol.